The second kappa shape index (κ2) is 6.36. The van der Waals surface area contributed by atoms with Crippen molar-refractivity contribution in [3.63, 3.8) is 0 Å². The number of hydrogen-bond donors (Lipinski definition) is 2. The van der Waals surface area contributed by atoms with Gasteiger partial charge in [0.2, 0.25) is 5.91 Å². The second-order valence-electron chi connectivity index (χ2n) is 5.36. The number of carbonyl (C=O) groups excluding carboxylic acids is 1. The highest BCUT2D eigenvalue weighted by Crippen LogP contribution is 2.23. The van der Waals surface area contributed by atoms with Crippen LogP contribution in [0.4, 0.5) is 0 Å². The summed E-state index contributed by atoms with van der Waals surface area (Å²) in [4.78, 5) is 12.0. The van der Waals surface area contributed by atoms with E-state index in [-0.39, 0.29) is 17.9 Å². The van der Waals surface area contributed by atoms with E-state index in [1.807, 2.05) is 0 Å². The molecule has 17 heavy (non-hydrogen) atoms. The van der Waals surface area contributed by atoms with Crippen molar-refractivity contribution >= 4 is 5.91 Å². The Kier molecular flexibility index (Phi) is 4.80. The van der Waals surface area contributed by atoms with Crippen LogP contribution < -0.4 is 11.1 Å². The van der Waals surface area contributed by atoms with Crippen LogP contribution in [0.1, 0.15) is 38.5 Å². The Balaban J connectivity index is 1.65. The molecule has 1 amide bonds. The van der Waals surface area contributed by atoms with Gasteiger partial charge in [0, 0.05) is 25.8 Å². The van der Waals surface area contributed by atoms with Gasteiger partial charge < -0.3 is 15.8 Å². The van der Waals surface area contributed by atoms with E-state index < -0.39 is 0 Å². The highest BCUT2D eigenvalue weighted by molar-refractivity contribution is 5.79. The Morgan fingerprint density at radius 2 is 2.12 bits per heavy atom. The molecule has 2 fully saturated rings. The van der Waals surface area contributed by atoms with E-state index in [0.29, 0.717) is 5.92 Å². The van der Waals surface area contributed by atoms with Gasteiger partial charge in [-0.1, -0.05) is 12.8 Å². The predicted molar refractivity (Wildman–Crippen MR) is 66.5 cm³/mol. The van der Waals surface area contributed by atoms with E-state index in [2.05, 4.69) is 5.32 Å². The second-order valence-corrected chi connectivity index (χ2v) is 5.36. The molecule has 0 bridgehead atoms. The van der Waals surface area contributed by atoms with Gasteiger partial charge in [-0.05, 0) is 31.6 Å². The van der Waals surface area contributed by atoms with E-state index >= 15 is 0 Å². The minimum atomic E-state index is 0.0450. The third kappa shape index (κ3) is 3.68. The quantitative estimate of drug-likeness (QED) is 0.772. The first-order valence-corrected chi connectivity index (χ1v) is 6.88. The Labute approximate surface area is 103 Å². The molecule has 0 spiro atoms. The molecule has 0 aromatic heterocycles. The first kappa shape index (κ1) is 12.8. The summed E-state index contributed by atoms with van der Waals surface area (Å²) in [5.41, 5.74) is 5.99. The summed E-state index contributed by atoms with van der Waals surface area (Å²) >= 11 is 0. The van der Waals surface area contributed by atoms with E-state index in [1.165, 1.54) is 6.42 Å². The van der Waals surface area contributed by atoms with Gasteiger partial charge in [0.25, 0.3) is 0 Å². The first-order chi connectivity index (χ1) is 8.27. The van der Waals surface area contributed by atoms with E-state index in [9.17, 15) is 4.79 Å². The molecule has 0 radical (unpaired) electrons. The maximum absolute atomic E-state index is 12.0. The fraction of sp³-hybridized carbons (Fsp3) is 0.923. The van der Waals surface area contributed by atoms with Crippen LogP contribution in [-0.2, 0) is 9.53 Å². The molecular weight excluding hydrogens is 216 g/mol. The Bertz CT molecular complexity index is 252. The molecule has 3 unspecified atom stereocenters. The smallest absolute Gasteiger partial charge is 0.224 e. The van der Waals surface area contributed by atoms with Crippen molar-refractivity contribution in [3.05, 3.63) is 0 Å². The van der Waals surface area contributed by atoms with Crippen LogP contribution in [0.5, 0.6) is 0 Å². The zero-order valence-corrected chi connectivity index (χ0v) is 10.5. The molecule has 0 aromatic carbocycles. The largest absolute Gasteiger partial charge is 0.381 e. The number of carbonyl (C=O) groups is 1. The standard InChI is InChI=1S/C13H24N2O2/c14-12-4-2-1-3-11(12)13(16)15-7-5-10-6-8-17-9-10/h10-12H,1-9,14H2,(H,15,16). The monoisotopic (exact) mass is 240 g/mol. The lowest BCUT2D eigenvalue weighted by molar-refractivity contribution is -0.126. The van der Waals surface area contributed by atoms with Crippen molar-refractivity contribution in [3.8, 4) is 0 Å². The van der Waals surface area contributed by atoms with Gasteiger partial charge in [-0.15, -0.1) is 0 Å². The van der Waals surface area contributed by atoms with Crippen molar-refractivity contribution in [1.82, 2.24) is 5.32 Å². The zero-order chi connectivity index (χ0) is 12.1. The highest BCUT2D eigenvalue weighted by atomic mass is 16.5. The SMILES string of the molecule is NC1CCCCC1C(=O)NCCC1CCOC1. The van der Waals surface area contributed by atoms with Crippen LogP contribution in [0.25, 0.3) is 0 Å². The summed E-state index contributed by atoms with van der Waals surface area (Å²) in [6.07, 6.45) is 6.44. The van der Waals surface area contributed by atoms with Crippen molar-refractivity contribution in [2.45, 2.75) is 44.6 Å². The van der Waals surface area contributed by atoms with Gasteiger partial charge in [-0.2, -0.15) is 0 Å². The number of nitrogens with one attached hydrogen (secondary N) is 1. The number of nitrogens with two attached hydrogens (primary N) is 1. The summed E-state index contributed by atoms with van der Waals surface area (Å²) in [6.45, 7) is 2.51. The molecule has 1 saturated carbocycles. The molecule has 1 saturated heterocycles. The fourth-order valence-electron chi connectivity index (χ4n) is 2.83. The molecule has 1 heterocycles. The summed E-state index contributed by atoms with van der Waals surface area (Å²) in [7, 11) is 0. The first-order valence-electron chi connectivity index (χ1n) is 6.88. The minimum Gasteiger partial charge on any atom is -0.381 e. The summed E-state index contributed by atoms with van der Waals surface area (Å²) < 4.78 is 5.32. The van der Waals surface area contributed by atoms with Crippen LogP contribution >= 0.6 is 0 Å². The Hall–Kier alpha value is -0.610. The number of rotatable bonds is 4. The lowest BCUT2D eigenvalue weighted by atomic mass is 9.84. The van der Waals surface area contributed by atoms with Gasteiger partial charge in [0.1, 0.15) is 0 Å². The Morgan fingerprint density at radius 3 is 2.82 bits per heavy atom. The molecule has 3 atom stereocenters. The zero-order valence-electron chi connectivity index (χ0n) is 10.5. The van der Waals surface area contributed by atoms with Gasteiger partial charge >= 0.3 is 0 Å². The molecule has 98 valence electrons. The summed E-state index contributed by atoms with van der Waals surface area (Å²) in [5.74, 6) is 0.843. The normalized spacial score (nSPS) is 33.6. The van der Waals surface area contributed by atoms with Crippen molar-refractivity contribution < 1.29 is 9.53 Å². The third-order valence-electron chi connectivity index (χ3n) is 4.03. The molecular formula is C13H24N2O2. The maximum atomic E-state index is 12.0. The average Bonchev–Trinajstić information content (AvgIpc) is 2.82. The van der Waals surface area contributed by atoms with Gasteiger partial charge in [0.05, 0.1) is 5.92 Å². The molecule has 4 heteroatoms. The van der Waals surface area contributed by atoms with Gasteiger partial charge in [-0.25, -0.2) is 0 Å². The fourth-order valence-corrected chi connectivity index (χ4v) is 2.83. The molecule has 3 N–H and O–H groups in total. The van der Waals surface area contributed by atoms with Crippen LogP contribution in [0.3, 0.4) is 0 Å². The summed E-state index contributed by atoms with van der Waals surface area (Å²) in [6, 6.07) is 0.0681. The molecule has 4 nitrogen and oxygen atoms in total. The molecule has 0 aromatic rings. The van der Waals surface area contributed by atoms with Crippen molar-refractivity contribution in [2.24, 2.45) is 17.6 Å². The molecule has 2 rings (SSSR count). The average molecular weight is 240 g/mol. The topological polar surface area (TPSA) is 64.4 Å². The summed E-state index contributed by atoms with van der Waals surface area (Å²) in [5, 5.41) is 3.04. The number of hydrogen-bond acceptors (Lipinski definition) is 3. The lowest BCUT2D eigenvalue weighted by Gasteiger charge is -2.27. The maximum Gasteiger partial charge on any atom is 0.224 e. The van der Waals surface area contributed by atoms with Gasteiger partial charge in [0.15, 0.2) is 0 Å². The van der Waals surface area contributed by atoms with Crippen molar-refractivity contribution in [2.75, 3.05) is 19.8 Å². The number of ether oxygens (including phenoxy) is 1. The minimum absolute atomic E-state index is 0.0450. The molecule has 1 aliphatic heterocycles. The Morgan fingerprint density at radius 1 is 1.29 bits per heavy atom. The van der Waals surface area contributed by atoms with E-state index in [0.717, 1.165) is 51.9 Å². The lowest BCUT2D eigenvalue weighted by Crippen LogP contribution is -2.44. The predicted octanol–water partition coefficient (Wildman–Crippen LogP) is 1.05. The van der Waals surface area contributed by atoms with Crippen LogP contribution in [0, 0.1) is 11.8 Å². The van der Waals surface area contributed by atoms with E-state index in [1.54, 1.807) is 0 Å². The van der Waals surface area contributed by atoms with Crippen LogP contribution in [0.15, 0.2) is 0 Å². The van der Waals surface area contributed by atoms with Crippen molar-refractivity contribution in [1.29, 1.82) is 0 Å². The van der Waals surface area contributed by atoms with E-state index in [4.69, 9.17) is 10.5 Å². The highest BCUT2D eigenvalue weighted by Gasteiger charge is 2.28. The van der Waals surface area contributed by atoms with Crippen LogP contribution in [-0.4, -0.2) is 31.7 Å². The molecule has 2 aliphatic rings. The third-order valence-corrected chi connectivity index (χ3v) is 4.03. The van der Waals surface area contributed by atoms with Gasteiger partial charge in [-0.3, -0.25) is 4.79 Å². The van der Waals surface area contributed by atoms with Crippen LogP contribution in [0.2, 0.25) is 0 Å². The number of amides is 1. The molecule has 1 aliphatic carbocycles.